The molecule has 5 nitrogen and oxygen atoms in total. The Hall–Kier alpha value is -0.650. The largest absolute Gasteiger partial charge is 0.481 e. The van der Waals surface area contributed by atoms with Gasteiger partial charge in [0.15, 0.2) is 0 Å². The van der Waals surface area contributed by atoms with Gasteiger partial charge in [0.2, 0.25) is 0 Å². The van der Waals surface area contributed by atoms with Crippen LogP contribution in [0.2, 0.25) is 0 Å². The Morgan fingerprint density at radius 1 is 1.45 bits per heavy atom. The van der Waals surface area contributed by atoms with E-state index >= 15 is 0 Å². The van der Waals surface area contributed by atoms with Crippen LogP contribution >= 0.6 is 0 Å². The van der Waals surface area contributed by atoms with Crippen molar-refractivity contribution in [1.29, 1.82) is 0 Å². The molecule has 5 heteroatoms. The van der Waals surface area contributed by atoms with Crippen LogP contribution < -0.4 is 0 Å². The minimum Gasteiger partial charge on any atom is -0.481 e. The number of carboxylic acids is 1. The Labute approximate surface area is 121 Å². The standard InChI is InChI=1S/C15H27NO4/c1-12(13-3-4-13)16(7-10-19-2)11-15(14(17)18)5-8-20-9-6-15/h12-13H,3-11H2,1-2H3,(H,17,18). The summed E-state index contributed by atoms with van der Waals surface area (Å²) in [6.07, 6.45) is 3.77. The number of carbonyl (C=O) groups is 1. The first kappa shape index (κ1) is 15.7. The Bertz CT molecular complexity index is 324. The third-order valence-corrected chi connectivity index (χ3v) is 4.87. The van der Waals surface area contributed by atoms with Crippen molar-refractivity contribution in [1.82, 2.24) is 4.90 Å². The summed E-state index contributed by atoms with van der Waals surface area (Å²) >= 11 is 0. The molecule has 20 heavy (non-hydrogen) atoms. The highest BCUT2D eigenvalue weighted by molar-refractivity contribution is 5.75. The van der Waals surface area contributed by atoms with Crippen molar-refractivity contribution >= 4 is 5.97 Å². The maximum atomic E-state index is 11.8. The summed E-state index contributed by atoms with van der Waals surface area (Å²) in [5.74, 6) is 0.0590. The van der Waals surface area contributed by atoms with Crippen molar-refractivity contribution < 1.29 is 19.4 Å². The van der Waals surface area contributed by atoms with E-state index in [4.69, 9.17) is 9.47 Å². The molecule has 0 radical (unpaired) electrons. The summed E-state index contributed by atoms with van der Waals surface area (Å²) in [4.78, 5) is 14.1. The van der Waals surface area contributed by atoms with Gasteiger partial charge in [-0.1, -0.05) is 0 Å². The van der Waals surface area contributed by atoms with E-state index in [0.717, 1.165) is 12.5 Å². The van der Waals surface area contributed by atoms with Crippen LogP contribution in [-0.2, 0) is 14.3 Å². The number of rotatable bonds is 8. The lowest BCUT2D eigenvalue weighted by Crippen LogP contribution is -2.50. The fraction of sp³-hybridized carbons (Fsp3) is 0.933. The van der Waals surface area contributed by atoms with Crippen LogP contribution in [0.4, 0.5) is 0 Å². The Kier molecular flexibility index (Phi) is 5.41. The normalized spacial score (nSPS) is 23.8. The van der Waals surface area contributed by atoms with Gasteiger partial charge in [-0.05, 0) is 38.5 Å². The molecule has 0 aromatic heterocycles. The summed E-state index contributed by atoms with van der Waals surface area (Å²) in [6.45, 7) is 5.42. The zero-order valence-electron chi connectivity index (χ0n) is 12.6. The van der Waals surface area contributed by atoms with Crippen LogP contribution in [0.1, 0.15) is 32.6 Å². The smallest absolute Gasteiger partial charge is 0.311 e. The average molecular weight is 285 g/mol. The van der Waals surface area contributed by atoms with Gasteiger partial charge >= 0.3 is 5.97 Å². The van der Waals surface area contributed by atoms with Gasteiger partial charge in [0.25, 0.3) is 0 Å². The molecular weight excluding hydrogens is 258 g/mol. The minimum atomic E-state index is -0.675. The molecule has 1 aliphatic carbocycles. The van der Waals surface area contributed by atoms with E-state index in [1.165, 1.54) is 12.8 Å². The van der Waals surface area contributed by atoms with Crippen LogP contribution in [0.5, 0.6) is 0 Å². The van der Waals surface area contributed by atoms with E-state index in [-0.39, 0.29) is 0 Å². The number of nitrogens with zero attached hydrogens (tertiary/aromatic N) is 1. The van der Waals surface area contributed by atoms with Gasteiger partial charge in [-0.2, -0.15) is 0 Å². The van der Waals surface area contributed by atoms with E-state index in [1.807, 2.05) is 0 Å². The SMILES string of the molecule is COCCN(CC1(C(=O)O)CCOCC1)C(C)C1CC1. The molecule has 0 aromatic carbocycles. The monoisotopic (exact) mass is 285 g/mol. The van der Waals surface area contributed by atoms with Crippen molar-refractivity contribution in [3.05, 3.63) is 0 Å². The first-order chi connectivity index (χ1) is 9.59. The lowest BCUT2D eigenvalue weighted by atomic mass is 9.79. The second-order valence-electron chi connectivity index (χ2n) is 6.24. The van der Waals surface area contributed by atoms with Gasteiger partial charge in [-0.15, -0.1) is 0 Å². The lowest BCUT2D eigenvalue weighted by Gasteiger charge is -2.40. The first-order valence-electron chi connectivity index (χ1n) is 7.63. The molecule has 1 atom stereocenters. The molecule has 0 aromatic rings. The summed E-state index contributed by atoms with van der Waals surface area (Å²) in [5.41, 5.74) is -0.644. The quantitative estimate of drug-likeness (QED) is 0.734. The Morgan fingerprint density at radius 2 is 2.10 bits per heavy atom. The third kappa shape index (κ3) is 3.71. The van der Waals surface area contributed by atoms with Crippen molar-refractivity contribution in [2.24, 2.45) is 11.3 Å². The second-order valence-corrected chi connectivity index (χ2v) is 6.24. The van der Waals surface area contributed by atoms with Gasteiger partial charge in [0.05, 0.1) is 12.0 Å². The van der Waals surface area contributed by atoms with Crippen LogP contribution in [0, 0.1) is 11.3 Å². The molecule has 1 saturated carbocycles. The van der Waals surface area contributed by atoms with Crippen molar-refractivity contribution in [3.8, 4) is 0 Å². The van der Waals surface area contributed by atoms with Gasteiger partial charge in [-0.3, -0.25) is 9.69 Å². The predicted molar refractivity (Wildman–Crippen MR) is 75.8 cm³/mol. The van der Waals surface area contributed by atoms with Crippen LogP contribution in [0.25, 0.3) is 0 Å². The highest BCUT2D eigenvalue weighted by atomic mass is 16.5. The lowest BCUT2D eigenvalue weighted by molar-refractivity contribution is -0.157. The van der Waals surface area contributed by atoms with Crippen molar-refractivity contribution in [2.45, 2.75) is 38.6 Å². The third-order valence-electron chi connectivity index (χ3n) is 4.87. The second kappa shape index (κ2) is 6.87. The van der Waals surface area contributed by atoms with Gasteiger partial charge in [0.1, 0.15) is 0 Å². The van der Waals surface area contributed by atoms with Gasteiger partial charge < -0.3 is 14.6 Å². The molecule has 2 aliphatic rings. The number of hydrogen-bond donors (Lipinski definition) is 1. The van der Waals surface area contributed by atoms with Gasteiger partial charge in [0, 0.05) is 39.5 Å². The fourth-order valence-electron chi connectivity index (χ4n) is 3.10. The molecule has 1 heterocycles. The van der Waals surface area contributed by atoms with E-state index in [0.29, 0.717) is 45.2 Å². The average Bonchev–Trinajstić information content (AvgIpc) is 3.28. The highest BCUT2D eigenvalue weighted by Crippen LogP contribution is 2.38. The zero-order chi connectivity index (χ0) is 14.6. The van der Waals surface area contributed by atoms with Crippen molar-refractivity contribution in [2.75, 3.05) is 40.0 Å². The number of aliphatic carboxylic acids is 1. The molecule has 0 amide bonds. The predicted octanol–water partition coefficient (Wildman–Crippen LogP) is 1.61. The molecule has 1 unspecified atom stereocenters. The molecule has 2 fully saturated rings. The molecule has 0 bridgehead atoms. The van der Waals surface area contributed by atoms with Crippen LogP contribution in [0.15, 0.2) is 0 Å². The van der Waals surface area contributed by atoms with Crippen LogP contribution in [0.3, 0.4) is 0 Å². The maximum absolute atomic E-state index is 11.8. The molecule has 116 valence electrons. The molecule has 1 aliphatic heterocycles. The van der Waals surface area contributed by atoms with E-state index < -0.39 is 11.4 Å². The number of carboxylic acid groups (broad SMARTS) is 1. The number of ether oxygens (including phenoxy) is 2. The zero-order valence-corrected chi connectivity index (χ0v) is 12.6. The number of methoxy groups -OCH3 is 1. The summed E-state index contributed by atoms with van der Waals surface area (Å²) in [5, 5.41) is 9.69. The Balaban J connectivity index is 2.04. The maximum Gasteiger partial charge on any atom is 0.311 e. The molecule has 1 saturated heterocycles. The molecule has 2 rings (SSSR count). The van der Waals surface area contributed by atoms with Crippen LogP contribution in [-0.4, -0.2) is 62.0 Å². The summed E-state index contributed by atoms with van der Waals surface area (Å²) in [6, 6.07) is 0.448. The Morgan fingerprint density at radius 3 is 2.60 bits per heavy atom. The first-order valence-corrected chi connectivity index (χ1v) is 7.63. The topological polar surface area (TPSA) is 59.0 Å². The van der Waals surface area contributed by atoms with Crippen molar-refractivity contribution in [3.63, 3.8) is 0 Å². The fourth-order valence-corrected chi connectivity index (χ4v) is 3.10. The van der Waals surface area contributed by atoms with E-state index in [1.54, 1.807) is 7.11 Å². The minimum absolute atomic E-state index is 0.448. The summed E-state index contributed by atoms with van der Waals surface area (Å²) in [7, 11) is 1.70. The van der Waals surface area contributed by atoms with E-state index in [9.17, 15) is 9.90 Å². The van der Waals surface area contributed by atoms with E-state index in [2.05, 4.69) is 11.8 Å². The summed E-state index contributed by atoms with van der Waals surface area (Å²) < 4.78 is 10.5. The molecule has 1 N–H and O–H groups in total. The highest BCUT2D eigenvalue weighted by Gasteiger charge is 2.43. The van der Waals surface area contributed by atoms with Gasteiger partial charge in [-0.25, -0.2) is 0 Å². The molecular formula is C15H27NO4. The molecule has 0 spiro atoms. The number of hydrogen-bond acceptors (Lipinski definition) is 4.